The van der Waals surface area contributed by atoms with Gasteiger partial charge in [-0.2, -0.15) is 0 Å². The van der Waals surface area contributed by atoms with Crippen LogP contribution in [0.4, 0.5) is 5.13 Å². The lowest BCUT2D eigenvalue weighted by atomic mass is 10.2. The Morgan fingerprint density at radius 2 is 2.00 bits per heavy atom. The number of nitrogens with zero attached hydrogens (tertiary/aromatic N) is 1. The van der Waals surface area contributed by atoms with Crippen LogP contribution in [0.1, 0.15) is 5.56 Å². The number of carbonyl (C=O) groups is 1. The molecule has 1 heterocycles. The summed E-state index contributed by atoms with van der Waals surface area (Å²) >= 11 is 10.7. The molecule has 24 heavy (non-hydrogen) atoms. The van der Waals surface area contributed by atoms with Crippen LogP contribution in [0.2, 0.25) is 5.02 Å². The summed E-state index contributed by atoms with van der Waals surface area (Å²) in [6.45, 7) is 0. The maximum absolute atomic E-state index is 12.0. The number of rotatable bonds is 4. The van der Waals surface area contributed by atoms with Crippen LogP contribution in [-0.2, 0) is 4.79 Å². The first-order valence-corrected chi connectivity index (χ1v) is 9.11. The van der Waals surface area contributed by atoms with E-state index in [1.54, 1.807) is 18.2 Å². The van der Waals surface area contributed by atoms with Crippen molar-refractivity contribution in [3.05, 3.63) is 75.0 Å². The Bertz CT molecular complexity index is 890. The van der Waals surface area contributed by atoms with Crippen LogP contribution in [0.5, 0.6) is 0 Å². The fourth-order valence-electron chi connectivity index (χ4n) is 2.00. The minimum absolute atomic E-state index is 0.222. The molecule has 0 saturated carbocycles. The normalized spacial score (nSPS) is 10.9. The number of aromatic nitrogens is 1. The molecule has 1 N–H and O–H groups in total. The Morgan fingerprint density at radius 1 is 1.21 bits per heavy atom. The van der Waals surface area contributed by atoms with Crippen molar-refractivity contribution in [1.29, 1.82) is 0 Å². The van der Waals surface area contributed by atoms with E-state index >= 15 is 0 Å². The second kappa shape index (κ2) is 7.75. The van der Waals surface area contributed by atoms with E-state index in [0.717, 1.165) is 21.3 Å². The summed E-state index contributed by atoms with van der Waals surface area (Å²) in [5, 5.41) is 5.92. The van der Waals surface area contributed by atoms with Crippen LogP contribution in [0.25, 0.3) is 17.3 Å². The Kier molecular flexibility index (Phi) is 5.45. The Hall–Kier alpha value is -1.95. The Labute approximate surface area is 157 Å². The van der Waals surface area contributed by atoms with Gasteiger partial charge in [0.15, 0.2) is 5.13 Å². The van der Waals surface area contributed by atoms with Crippen molar-refractivity contribution in [2.45, 2.75) is 0 Å². The first-order chi connectivity index (χ1) is 11.6. The number of carbonyl (C=O) groups excluding carboxylic acids is 1. The van der Waals surface area contributed by atoms with Crippen molar-refractivity contribution >= 4 is 56.0 Å². The van der Waals surface area contributed by atoms with Gasteiger partial charge in [0.2, 0.25) is 5.91 Å². The van der Waals surface area contributed by atoms with Gasteiger partial charge >= 0.3 is 0 Å². The number of amides is 1. The summed E-state index contributed by atoms with van der Waals surface area (Å²) in [4.78, 5) is 16.4. The molecular weight excluding hydrogens is 408 g/mol. The van der Waals surface area contributed by atoms with E-state index in [4.69, 9.17) is 11.6 Å². The van der Waals surface area contributed by atoms with Crippen LogP contribution in [-0.4, -0.2) is 10.9 Å². The predicted octanol–water partition coefficient (Wildman–Crippen LogP) is 5.88. The summed E-state index contributed by atoms with van der Waals surface area (Å²) < 4.78 is 0.990. The number of anilines is 1. The molecule has 120 valence electrons. The van der Waals surface area contributed by atoms with Gasteiger partial charge in [0.1, 0.15) is 0 Å². The number of hydrogen-bond donors (Lipinski definition) is 1. The molecule has 0 fully saturated rings. The molecule has 2 aromatic carbocycles. The highest BCUT2D eigenvalue weighted by molar-refractivity contribution is 9.10. The fraction of sp³-hybridized carbons (Fsp3) is 0. The molecule has 0 unspecified atom stereocenters. The summed E-state index contributed by atoms with van der Waals surface area (Å²) in [5.41, 5.74) is 2.74. The second-order valence-corrected chi connectivity index (χ2v) is 7.13. The molecule has 0 atom stereocenters. The molecule has 0 aliphatic heterocycles. The van der Waals surface area contributed by atoms with Crippen LogP contribution < -0.4 is 5.32 Å². The molecule has 0 saturated heterocycles. The minimum Gasteiger partial charge on any atom is -0.298 e. The SMILES string of the molecule is O=C(C=Cc1ccc(Cl)cc1)Nc1nc(-c2cccc(Br)c2)cs1. The molecule has 0 aliphatic rings. The van der Waals surface area contributed by atoms with E-state index in [1.165, 1.54) is 17.4 Å². The molecule has 3 rings (SSSR count). The minimum atomic E-state index is -0.222. The summed E-state index contributed by atoms with van der Waals surface area (Å²) in [5.74, 6) is -0.222. The van der Waals surface area contributed by atoms with Gasteiger partial charge < -0.3 is 0 Å². The second-order valence-electron chi connectivity index (χ2n) is 4.92. The molecule has 3 aromatic rings. The average molecular weight is 420 g/mol. The highest BCUT2D eigenvalue weighted by Crippen LogP contribution is 2.26. The van der Waals surface area contributed by atoms with E-state index in [1.807, 2.05) is 41.8 Å². The molecular formula is C18H12BrClN2OS. The van der Waals surface area contributed by atoms with Crippen molar-refractivity contribution in [3.8, 4) is 11.3 Å². The lowest BCUT2D eigenvalue weighted by Gasteiger charge is -1.98. The van der Waals surface area contributed by atoms with Gasteiger partial charge in [0.05, 0.1) is 5.69 Å². The van der Waals surface area contributed by atoms with E-state index in [2.05, 4.69) is 26.2 Å². The number of nitrogens with one attached hydrogen (secondary N) is 1. The molecule has 0 radical (unpaired) electrons. The number of benzene rings is 2. The zero-order valence-corrected chi connectivity index (χ0v) is 15.5. The third-order valence-electron chi connectivity index (χ3n) is 3.15. The smallest absolute Gasteiger partial charge is 0.250 e. The van der Waals surface area contributed by atoms with Crippen LogP contribution in [0.15, 0.2) is 64.5 Å². The highest BCUT2D eigenvalue weighted by Gasteiger charge is 2.06. The lowest BCUT2D eigenvalue weighted by molar-refractivity contribution is -0.111. The van der Waals surface area contributed by atoms with E-state index in [0.29, 0.717) is 10.2 Å². The highest BCUT2D eigenvalue weighted by atomic mass is 79.9. The molecule has 1 aromatic heterocycles. The molecule has 0 aliphatic carbocycles. The van der Waals surface area contributed by atoms with Crippen molar-refractivity contribution in [2.24, 2.45) is 0 Å². The largest absolute Gasteiger partial charge is 0.298 e. The third-order valence-corrected chi connectivity index (χ3v) is 4.65. The van der Waals surface area contributed by atoms with Crippen LogP contribution >= 0.6 is 38.9 Å². The maximum Gasteiger partial charge on any atom is 0.250 e. The average Bonchev–Trinajstić information content (AvgIpc) is 3.03. The van der Waals surface area contributed by atoms with Gasteiger partial charge in [0, 0.05) is 26.5 Å². The standard InChI is InChI=1S/C18H12BrClN2OS/c19-14-3-1-2-13(10-14)16-11-24-18(21-16)22-17(23)9-6-12-4-7-15(20)8-5-12/h1-11H,(H,21,22,23). The first kappa shape index (κ1) is 16.9. The summed E-state index contributed by atoms with van der Waals surface area (Å²) in [7, 11) is 0. The molecule has 3 nitrogen and oxygen atoms in total. The third kappa shape index (κ3) is 4.54. The van der Waals surface area contributed by atoms with Gasteiger partial charge in [0.25, 0.3) is 0 Å². The van der Waals surface area contributed by atoms with Crippen molar-refractivity contribution < 1.29 is 4.79 Å². The Balaban J connectivity index is 1.66. The van der Waals surface area contributed by atoms with Gasteiger partial charge in [-0.15, -0.1) is 11.3 Å². The first-order valence-electron chi connectivity index (χ1n) is 7.06. The van der Waals surface area contributed by atoms with Gasteiger partial charge in [-0.05, 0) is 35.9 Å². The van der Waals surface area contributed by atoms with Gasteiger partial charge in [-0.25, -0.2) is 4.98 Å². The van der Waals surface area contributed by atoms with Gasteiger partial charge in [-0.3, -0.25) is 10.1 Å². The fourth-order valence-corrected chi connectivity index (χ4v) is 3.25. The van der Waals surface area contributed by atoms with Crippen LogP contribution in [0, 0.1) is 0 Å². The van der Waals surface area contributed by atoms with Crippen molar-refractivity contribution in [2.75, 3.05) is 5.32 Å². The van der Waals surface area contributed by atoms with E-state index in [9.17, 15) is 4.79 Å². The molecule has 0 spiro atoms. The molecule has 1 amide bonds. The molecule has 6 heteroatoms. The van der Waals surface area contributed by atoms with Crippen molar-refractivity contribution in [3.63, 3.8) is 0 Å². The number of halogens is 2. The van der Waals surface area contributed by atoms with E-state index < -0.39 is 0 Å². The zero-order chi connectivity index (χ0) is 16.9. The van der Waals surface area contributed by atoms with E-state index in [-0.39, 0.29) is 5.91 Å². The maximum atomic E-state index is 12.0. The zero-order valence-electron chi connectivity index (χ0n) is 12.4. The summed E-state index contributed by atoms with van der Waals surface area (Å²) in [6.07, 6.45) is 3.21. The summed E-state index contributed by atoms with van der Waals surface area (Å²) in [6, 6.07) is 15.1. The van der Waals surface area contributed by atoms with Crippen LogP contribution in [0.3, 0.4) is 0 Å². The lowest BCUT2D eigenvalue weighted by Crippen LogP contribution is -2.07. The topological polar surface area (TPSA) is 42.0 Å². The molecule has 0 bridgehead atoms. The van der Waals surface area contributed by atoms with Gasteiger partial charge in [-0.1, -0.05) is 51.8 Å². The number of thiazole rings is 1. The Morgan fingerprint density at radius 3 is 2.75 bits per heavy atom. The predicted molar refractivity (Wildman–Crippen MR) is 104 cm³/mol. The van der Waals surface area contributed by atoms with Crippen molar-refractivity contribution in [1.82, 2.24) is 4.98 Å². The number of hydrogen-bond acceptors (Lipinski definition) is 3. The monoisotopic (exact) mass is 418 g/mol. The quantitative estimate of drug-likeness (QED) is 0.537.